The number of aliphatic hydroxyl groups is 1. The van der Waals surface area contributed by atoms with Crippen molar-refractivity contribution in [3.63, 3.8) is 0 Å². The number of carbonyl (C=O) groups is 2. The molecule has 2 rings (SSSR count). The first kappa shape index (κ1) is 17.3. The maximum absolute atomic E-state index is 12.0. The van der Waals surface area contributed by atoms with Crippen molar-refractivity contribution < 1.29 is 19.4 Å². The molecule has 23 heavy (non-hydrogen) atoms. The molecule has 1 saturated heterocycles. The third-order valence-corrected chi connectivity index (χ3v) is 3.42. The average Bonchev–Trinajstić information content (AvgIpc) is 2.76. The van der Waals surface area contributed by atoms with Crippen LogP contribution < -0.4 is 10.6 Å². The molecule has 0 spiro atoms. The molecular weight excluding hydrogens is 302 g/mol. The molecule has 1 aromatic heterocycles. The first-order valence-corrected chi connectivity index (χ1v) is 7.31. The fourth-order valence-electron chi connectivity index (χ4n) is 2.25. The molecule has 1 aliphatic rings. The maximum Gasteiger partial charge on any atom is 0.271 e. The monoisotopic (exact) mass is 323 g/mol. The van der Waals surface area contributed by atoms with Crippen LogP contribution in [-0.4, -0.2) is 83.8 Å². The molecule has 126 valence electrons. The number of amides is 2. The van der Waals surface area contributed by atoms with E-state index in [1.165, 1.54) is 23.5 Å². The number of hydrogen-bond donors (Lipinski definition) is 3. The van der Waals surface area contributed by atoms with Crippen LogP contribution in [0.2, 0.25) is 0 Å². The van der Waals surface area contributed by atoms with E-state index in [2.05, 4.69) is 20.6 Å². The molecule has 1 unspecified atom stereocenters. The van der Waals surface area contributed by atoms with Crippen LogP contribution in [0.15, 0.2) is 18.6 Å². The van der Waals surface area contributed by atoms with Gasteiger partial charge < -0.3 is 25.4 Å². The van der Waals surface area contributed by atoms with Crippen molar-refractivity contribution in [1.82, 2.24) is 25.5 Å². The molecule has 0 aromatic carbocycles. The highest BCUT2D eigenvalue weighted by Crippen LogP contribution is 2.12. The van der Waals surface area contributed by atoms with E-state index in [9.17, 15) is 14.7 Å². The second kappa shape index (κ2) is 7.95. The number of hydrogen-bond acceptors (Lipinski definition) is 7. The minimum absolute atomic E-state index is 0.0388. The largest absolute Gasteiger partial charge is 0.384 e. The Bertz CT molecular complexity index is 541. The van der Waals surface area contributed by atoms with Crippen molar-refractivity contribution in [3.8, 4) is 0 Å². The van der Waals surface area contributed by atoms with Gasteiger partial charge in [-0.25, -0.2) is 4.98 Å². The second-order valence-electron chi connectivity index (χ2n) is 5.40. The fraction of sp³-hybridized carbons (Fsp3) is 0.571. The van der Waals surface area contributed by atoms with Gasteiger partial charge in [0.15, 0.2) is 0 Å². The lowest BCUT2D eigenvalue weighted by Gasteiger charge is -2.30. The summed E-state index contributed by atoms with van der Waals surface area (Å²) in [5.41, 5.74) is -1.19. The Morgan fingerprint density at radius 2 is 2.30 bits per heavy atom. The molecule has 2 heterocycles. The quantitative estimate of drug-likeness (QED) is 0.575. The molecule has 9 nitrogen and oxygen atoms in total. The van der Waals surface area contributed by atoms with Gasteiger partial charge in [-0.05, 0) is 7.05 Å². The number of ether oxygens (including phenoxy) is 1. The van der Waals surface area contributed by atoms with Crippen LogP contribution in [0.1, 0.15) is 10.5 Å². The van der Waals surface area contributed by atoms with E-state index in [1.807, 2.05) is 0 Å². The number of nitrogens with zero attached hydrogens (tertiary/aromatic N) is 3. The van der Waals surface area contributed by atoms with Crippen molar-refractivity contribution in [2.45, 2.75) is 5.60 Å². The minimum Gasteiger partial charge on any atom is -0.384 e. The topological polar surface area (TPSA) is 117 Å². The van der Waals surface area contributed by atoms with Crippen molar-refractivity contribution >= 4 is 11.8 Å². The third kappa shape index (κ3) is 4.95. The molecule has 1 aliphatic heterocycles. The van der Waals surface area contributed by atoms with Gasteiger partial charge in [0.1, 0.15) is 11.3 Å². The minimum atomic E-state index is -1.35. The Morgan fingerprint density at radius 1 is 1.48 bits per heavy atom. The fourth-order valence-corrected chi connectivity index (χ4v) is 2.25. The molecule has 0 radical (unpaired) electrons. The average molecular weight is 323 g/mol. The summed E-state index contributed by atoms with van der Waals surface area (Å²) in [4.78, 5) is 33.2. The van der Waals surface area contributed by atoms with Gasteiger partial charge in [-0.15, -0.1) is 0 Å². The summed E-state index contributed by atoms with van der Waals surface area (Å²) in [7, 11) is 1.68. The summed E-state index contributed by atoms with van der Waals surface area (Å²) in [6.45, 7) is 1.01. The molecular formula is C14H21N5O4. The molecule has 0 bridgehead atoms. The molecule has 3 N–H and O–H groups in total. The van der Waals surface area contributed by atoms with Crippen molar-refractivity contribution in [3.05, 3.63) is 24.3 Å². The number of likely N-dealkylation sites (N-methyl/N-ethyl adjacent to an activating group) is 1. The van der Waals surface area contributed by atoms with Crippen molar-refractivity contribution in [2.75, 3.05) is 46.4 Å². The van der Waals surface area contributed by atoms with Crippen LogP contribution in [-0.2, 0) is 9.53 Å². The number of β-amino-alcohol motifs (C(OH)–C–C–N with tert-alkyl or cyclic N) is 1. The highest BCUT2D eigenvalue weighted by atomic mass is 16.5. The Kier molecular flexibility index (Phi) is 5.97. The van der Waals surface area contributed by atoms with E-state index in [0.29, 0.717) is 13.2 Å². The standard InChI is InChI=1S/C14H21N5O4/c1-15-7-12(20)19-4-5-23-10-14(22,9-19)8-18-13(21)11-6-16-2-3-17-11/h2-3,6,15,22H,4-5,7-10H2,1H3,(H,18,21). The summed E-state index contributed by atoms with van der Waals surface area (Å²) >= 11 is 0. The smallest absolute Gasteiger partial charge is 0.271 e. The molecule has 0 saturated carbocycles. The van der Waals surface area contributed by atoms with Crippen LogP contribution in [0.4, 0.5) is 0 Å². The highest BCUT2D eigenvalue weighted by molar-refractivity contribution is 5.91. The van der Waals surface area contributed by atoms with Crippen molar-refractivity contribution in [2.24, 2.45) is 0 Å². The Balaban J connectivity index is 1.96. The zero-order valence-corrected chi connectivity index (χ0v) is 13.0. The number of carbonyl (C=O) groups excluding carboxylic acids is 2. The summed E-state index contributed by atoms with van der Waals surface area (Å²) in [5, 5.41) is 16.0. The SMILES string of the molecule is CNCC(=O)N1CCOCC(O)(CNC(=O)c2cnccn2)C1. The molecule has 0 aliphatic carbocycles. The first-order chi connectivity index (χ1) is 11.0. The number of aromatic nitrogens is 2. The van der Waals surface area contributed by atoms with E-state index < -0.39 is 11.5 Å². The maximum atomic E-state index is 12.0. The summed E-state index contributed by atoms with van der Waals surface area (Å²) < 4.78 is 5.36. The van der Waals surface area contributed by atoms with Crippen LogP contribution in [0.5, 0.6) is 0 Å². The lowest BCUT2D eigenvalue weighted by atomic mass is 10.0. The van der Waals surface area contributed by atoms with Gasteiger partial charge in [-0.3, -0.25) is 14.6 Å². The second-order valence-corrected chi connectivity index (χ2v) is 5.40. The van der Waals surface area contributed by atoms with Crippen LogP contribution in [0.3, 0.4) is 0 Å². The van der Waals surface area contributed by atoms with Crippen LogP contribution >= 0.6 is 0 Å². The summed E-state index contributed by atoms with van der Waals surface area (Å²) in [6, 6.07) is 0. The molecule has 9 heteroatoms. The van der Waals surface area contributed by atoms with Gasteiger partial charge in [-0.2, -0.15) is 0 Å². The van der Waals surface area contributed by atoms with E-state index >= 15 is 0 Å². The van der Waals surface area contributed by atoms with Gasteiger partial charge in [0.2, 0.25) is 5.91 Å². The molecule has 2 amide bonds. The van der Waals surface area contributed by atoms with Crippen LogP contribution in [0, 0.1) is 0 Å². The van der Waals surface area contributed by atoms with Crippen LogP contribution in [0.25, 0.3) is 0 Å². The zero-order valence-electron chi connectivity index (χ0n) is 13.0. The van der Waals surface area contributed by atoms with Gasteiger partial charge in [-0.1, -0.05) is 0 Å². The number of rotatable bonds is 5. The first-order valence-electron chi connectivity index (χ1n) is 7.31. The summed E-state index contributed by atoms with van der Waals surface area (Å²) in [6.07, 6.45) is 4.22. The molecule has 1 atom stereocenters. The van der Waals surface area contributed by atoms with E-state index in [0.717, 1.165) is 0 Å². The zero-order chi connectivity index (χ0) is 16.7. The number of nitrogens with one attached hydrogen (secondary N) is 2. The van der Waals surface area contributed by atoms with E-state index in [4.69, 9.17) is 4.74 Å². The molecule has 1 aromatic rings. The predicted octanol–water partition coefficient (Wildman–Crippen LogP) is -1.98. The molecule has 1 fully saturated rings. The normalized spacial score (nSPS) is 21.6. The van der Waals surface area contributed by atoms with Gasteiger partial charge in [0.05, 0.1) is 39.0 Å². The summed E-state index contributed by atoms with van der Waals surface area (Å²) in [5.74, 6) is -0.569. The third-order valence-electron chi connectivity index (χ3n) is 3.42. The van der Waals surface area contributed by atoms with E-state index in [1.54, 1.807) is 7.05 Å². The lowest BCUT2D eigenvalue weighted by Crippen LogP contribution is -2.54. The van der Waals surface area contributed by atoms with Crippen molar-refractivity contribution in [1.29, 1.82) is 0 Å². The van der Waals surface area contributed by atoms with Gasteiger partial charge in [0.25, 0.3) is 5.91 Å². The lowest BCUT2D eigenvalue weighted by molar-refractivity contribution is -0.132. The van der Waals surface area contributed by atoms with Gasteiger partial charge in [0, 0.05) is 18.9 Å². The van der Waals surface area contributed by atoms with Gasteiger partial charge >= 0.3 is 0 Å². The Morgan fingerprint density at radius 3 is 3.00 bits per heavy atom. The van der Waals surface area contributed by atoms with E-state index in [-0.39, 0.29) is 37.8 Å². The Hall–Kier alpha value is -2.10. The highest BCUT2D eigenvalue weighted by Gasteiger charge is 2.34. The predicted molar refractivity (Wildman–Crippen MR) is 80.6 cm³/mol. The Labute approximate surface area is 134 Å².